The van der Waals surface area contributed by atoms with E-state index >= 15 is 0 Å². The Kier molecular flexibility index (Phi) is 3.93. The van der Waals surface area contributed by atoms with Crippen LogP contribution < -0.4 is 13.8 Å². The molecular formula is C17H19NO4S. The van der Waals surface area contributed by atoms with Gasteiger partial charge in [0, 0.05) is 12.5 Å². The maximum Gasteiger partial charge on any atom is 0.232 e. The highest BCUT2D eigenvalue weighted by Crippen LogP contribution is 2.43. The second kappa shape index (κ2) is 5.77. The van der Waals surface area contributed by atoms with E-state index in [2.05, 4.69) is 0 Å². The molecule has 0 saturated heterocycles. The Morgan fingerprint density at radius 1 is 1.00 bits per heavy atom. The van der Waals surface area contributed by atoms with Gasteiger partial charge in [-0.3, -0.25) is 4.31 Å². The number of hydrogen-bond acceptors (Lipinski definition) is 4. The Hall–Kier alpha value is -2.21. The molecule has 1 atom stereocenters. The van der Waals surface area contributed by atoms with E-state index in [0.717, 1.165) is 16.9 Å². The van der Waals surface area contributed by atoms with Crippen molar-refractivity contribution in [3.8, 4) is 11.5 Å². The lowest BCUT2D eigenvalue weighted by Gasteiger charge is -2.25. The first-order chi connectivity index (χ1) is 10.9. The Morgan fingerprint density at radius 2 is 1.61 bits per heavy atom. The highest BCUT2D eigenvalue weighted by Gasteiger charge is 2.36. The Labute approximate surface area is 136 Å². The normalized spacial score (nSPS) is 17.0. The zero-order chi connectivity index (χ0) is 16.6. The molecule has 0 spiro atoms. The summed E-state index contributed by atoms with van der Waals surface area (Å²) in [4.78, 5) is 0. The quantitative estimate of drug-likeness (QED) is 0.863. The van der Waals surface area contributed by atoms with Gasteiger partial charge in [-0.1, -0.05) is 18.2 Å². The fraction of sp³-hybridized carbons (Fsp3) is 0.294. The first kappa shape index (κ1) is 15.7. The first-order valence-electron chi connectivity index (χ1n) is 7.24. The summed E-state index contributed by atoms with van der Waals surface area (Å²) in [7, 11) is -0.229. The van der Waals surface area contributed by atoms with Gasteiger partial charge in [-0.25, -0.2) is 8.42 Å². The van der Waals surface area contributed by atoms with Crippen molar-refractivity contribution in [2.45, 2.75) is 12.5 Å². The van der Waals surface area contributed by atoms with Crippen LogP contribution in [-0.4, -0.2) is 28.9 Å². The molecule has 0 aromatic heterocycles. The highest BCUT2D eigenvalue weighted by molar-refractivity contribution is 7.92. The smallest absolute Gasteiger partial charge is 0.232 e. The summed E-state index contributed by atoms with van der Waals surface area (Å²) in [6.07, 6.45) is 1.87. The van der Waals surface area contributed by atoms with E-state index in [9.17, 15) is 8.42 Å². The van der Waals surface area contributed by atoms with Crippen LogP contribution in [0.4, 0.5) is 5.69 Å². The molecule has 6 heteroatoms. The van der Waals surface area contributed by atoms with Gasteiger partial charge in [-0.15, -0.1) is 0 Å². The average molecular weight is 333 g/mol. The first-order valence-corrected chi connectivity index (χ1v) is 9.09. The van der Waals surface area contributed by atoms with Crippen molar-refractivity contribution in [3.05, 3.63) is 53.6 Å². The van der Waals surface area contributed by atoms with Crippen molar-refractivity contribution >= 4 is 15.7 Å². The van der Waals surface area contributed by atoms with Gasteiger partial charge in [0.1, 0.15) is 11.5 Å². The number of sulfonamides is 1. The predicted molar refractivity (Wildman–Crippen MR) is 89.8 cm³/mol. The van der Waals surface area contributed by atoms with Crippen molar-refractivity contribution in [2.24, 2.45) is 0 Å². The van der Waals surface area contributed by atoms with Gasteiger partial charge in [-0.2, -0.15) is 0 Å². The van der Waals surface area contributed by atoms with Gasteiger partial charge in [0.05, 0.1) is 32.2 Å². The fourth-order valence-corrected chi connectivity index (χ4v) is 4.18. The van der Waals surface area contributed by atoms with Crippen LogP contribution in [0.3, 0.4) is 0 Å². The van der Waals surface area contributed by atoms with Gasteiger partial charge in [0.15, 0.2) is 0 Å². The molecule has 1 aliphatic heterocycles. The number of fused-ring (bicyclic) bond motifs is 1. The molecule has 0 fully saturated rings. The zero-order valence-electron chi connectivity index (χ0n) is 13.3. The molecule has 0 N–H and O–H groups in total. The SMILES string of the molecule is COc1ccc(C2Cc3ccc(OC)cc3N2S(C)(=O)=O)cc1. The van der Waals surface area contributed by atoms with Crippen LogP contribution in [0.5, 0.6) is 11.5 Å². The number of methoxy groups -OCH3 is 2. The monoisotopic (exact) mass is 333 g/mol. The summed E-state index contributed by atoms with van der Waals surface area (Å²) in [5, 5.41) is 0. The maximum absolute atomic E-state index is 12.4. The largest absolute Gasteiger partial charge is 0.497 e. The van der Waals surface area contributed by atoms with Gasteiger partial charge < -0.3 is 9.47 Å². The van der Waals surface area contributed by atoms with Crippen LogP contribution in [0.2, 0.25) is 0 Å². The molecule has 1 heterocycles. The van der Waals surface area contributed by atoms with E-state index in [1.807, 2.05) is 36.4 Å². The standard InChI is InChI=1S/C17H19NO4S/c1-21-14-7-4-12(5-8-14)16-10-13-6-9-15(22-2)11-17(13)18(16)23(3,19)20/h4-9,11,16H,10H2,1-3H3. The summed E-state index contributed by atoms with van der Waals surface area (Å²) < 4.78 is 36.6. The third-order valence-electron chi connectivity index (χ3n) is 4.08. The van der Waals surface area contributed by atoms with E-state index in [1.165, 1.54) is 10.6 Å². The second-order valence-electron chi connectivity index (χ2n) is 5.55. The number of nitrogens with zero attached hydrogens (tertiary/aromatic N) is 1. The van der Waals surface area contributed by atoms with Gasteiger partial charge >= 0.3 is 0 Å². The maximum atomic E-state index is 12.4. The average Bonchev–Trinajstić information content (AvgIpc) is 2.93. The topological polar surface area (TPSA) is 55.8 Å². The highest BCUT2D eigenvalue weighted by atomic mass is 32.2. The van der Waals surface area contributed by atoms with Crippen LogP contribution in [0.15, 0.2) is 42.5 Å². The third-order valence-corrected chi connectivity index (χ3v) is 5.25. The Bertz CT molecular complexity index is 815. The molecule has 1 aliphatic rings. The predicted octanol–water partition coefficient (Wildman–Crippen LogP) is 2.77. The van der Waals surface area contributed by atoms with Gasteiger partial charge in [0.25, 0.3) is 0 Å². The van der Waals surface area contributed by atoms with Crippen LogP contribution in [-0.2, 0) is 16.4 Å². The molecule has 0 bridgehead atoms. The molecule has 2 aromatic carbocycles. The number of anilines is 1. The van der Waals surface area contributed by atoms with Crippen molar-refractivity contribution in [1.82, 2.24) is 0 Å². The van der Waals surface area contributed by atoms with E-state index in [4.69, 9.17) is 9.47 Å². The van der Waals surface area contributed by atoms with E-state index in [-0.39, 0.29) is 6.04 Å². The Balaban J connectivity index is 2.07. The molecular weight excluding hydrogens is 314 g/mol. The van der Waals surface area contributed by atoms with Gasteiger partial charge in [-0.05, 0) is 29.3 Å². The number of benzene rings is 2. The summed E-state index contributed by atoms with van der Waals surface area (Å²) in [6.45, 7) is 0. The molecule has 0 amide bonds. The van der Waals surface area contributed by atoms with E-state index in [0.29, 0.717) is 17.9 Å². The molecule has 23 heavy (non-hydrogen) atoms. The zero-order valence-corrected chi connectivity index (χ0v) is 14.1. The van der Waals surface area contributed by atoms with Crippen molar-refractivity contribution < 1.29 is 17.9 Å². The van der Waals surface area contributed by atoms with E-state index in [1.54, 1.807) is 20.3 Å². The third kappa shape index (κ3) is 2.86. The van der Waals surface area contributed by atoms with Crippen LogP contribution in [0.1, 0.15) is 17.2 Å². The molecule has 2 aromatic rings. The van der Waals surface area contributed by atoms with Crippen molar-refractivity contribution in [1.29, 1.82) is 0 Å². The molecule has 5 nitrogen and oxygen atoms in total. The van der Waals surface area contributed by atoms with Crippen molar-refractivity contribution in [2.75, 3.05) is 24.8 Å². The summed E-state index contributed by atoms with van der Waals surface area (Å²) in [5.74, 6) is 1.39. The summed E-state index contributed by atoms with van der Waals surface area (Å²) in [6, 6.07) is 12.8. The number of ether oxygens (including phenoxy) is 2. The second-order valence-corrected chi connectivity index (χ2v) is 7.41. The van der Waals surface area contributed by atoms with E-state index < -0.39 is 10.0 Å². The summed E-state index contributed by atoms with van der Waals surface area (Å²) in [5.41, 5.74) is 2.62. The summed E-state index contributed by atoms with van der Waals surface area (Å²) >= 11 is 0. The minimum atomic E-state index is -3.41. The molecule has 0 saturated carbocycles. The molecule has 0 radical (unpaired) electrons. The molecule has 0 aliphatic carbocycles. The van der Waals surface area contributed by atoms with Crippen LogP contribution in [0, 0.1) is 0 Å². The lowest BCUT2D eigenvalue weighted by atomic mass is 10.0. The molecule has 1 unspecified atom stereocenters. The Morgan fingerprint density at radius 3 is 2.17 bits per heavy atom. The van der Waals surface area contributed by atoms with Crippen LogP contribution in [0.25, 0.3) is 0 Å². The lowest BCUT2D eigenvalue weighted by Crippen LogP contribution is -2.31. The fourth-order valence-electron chi connectivity index (χ4n) is 3.00. The van der Waals surface area contributed by atoms with Crippen molar-refractivity contribution in [3.63, 3.8) is 0 Å². The van der Waals surface area contributed by atoms with Gasteiger partial charge in [0.2, 0.25) is 10.0 Å². The number of rotatable bonds is 4. The minimum absolute atomic E-state index is 0.252. The number of hydrogen-bond donors (Lipinski definition) is 0. The minimum Gasteiger partial charge on any atom is -0.497 e. The molecule has 122 valence electrons. The lowest BCUT2D eigenvalue weighted by molar-refractivity contribution is 0.414. The van der Waals surface area contributed by atoms with Crippen LogP contribution >= 0.6 is 0 Å². The molecule has 3 rings (SSSR count).